The Morgan fingerprint density at radius 2 is 2.50 bits per heavy atom. The van der Waals surface area contributed by atoms with Crippen LogP contribution in [-0.4, -0.2) is 14.9 Å². The molecule has 0 saturated heterocycles. The van der Waals surface area contributed by atoms with Gasteiger partial charge in [-0.15, -0.1) is 0 Å². The van der Waals surface area contributed by atoms with Gasteiger partial charge in [0.1, 0.15) is 0 Å². The maximum absolute atomic E-state index is 10.1. The zero-order valence-corrected chi connectivity index (χ0v) is 5.59. The highest BCUT2D eigenvalue weighted by Gasteiger charge is 1.99. The summed E-state index contributed by atoms with van der Waals surface area (Å²) in [6, 6.07) is 1.25. The molecule has 5 nitrogen and oxygen atoms in total. The minimum absolute atomic E-state index is 0.120. The zero-order valence-electron chi connectivity index (χ0n) is 4.77. The average Bonchev–Trinajstić information content (AvgIpc) is 1.88. The summed E-state index contributed by atoms with van der Waals surface area (Å²) >= 11 is 4.55. The molecule has 0 bridgehead atoms. The molecule has 0 unspecified atom stereocenters. The topological polar surface area (TPSA) is 71.8 Å². The van der Waals surface area contributed by atoms with E-state index in [4.69, 9.17) is 0 Å². The van der Waals surface area contributed by atoms with Gasteiger partial charge in [0.15, 0.2) is 0 Å². The molecule has 1 N–H and O–H groups in total. The molecule has 1 heterocycles. The molecule has 1 aromatic rings. The van der Waals surface area contributed by atoms with Crippen LogP contribution in [-0.2, 0) is 0 Å². The predicted molar refractivity (Wildman–Crippen MR) is 36.1 cm³/mol. The van der Waals surface area contributed by atoms with E-state index in [-0.39, 0.29) is 10.6 Å². The Balaban J connectivity index is 3.20. The average molecular weight is 157 g/mol. The van der Waals surface area contributed by atoms with Crippen LogP contribution < -0.4 is 0 Å². The molecule has 10 heavy (non-hydrogen) atoms. The van der Waals surface area contributed by atoms with Gasteiger partial charge < -0.3 is 10.1 Å². The van der Waals surface area contributed by atoms with Crippen molar-refractivity contribution in [3.63, 3.8) is 0 Å². The van der Waals surface area contributed by atoms with Gasteiger partial charge in [0, 0.05) is 6.20 Å². The summed E-state index contributed by atoms with van der Waals surface area (Å²) < 4.78 is 0.120. The fourth-order valence-corrected chi connectivity index (χ4v) is 0.631. The van der Waals surface area contributed by atoms with Crippen molar-refractivity contribution in [2.45, 2.75) is 0 Å². The van der Waals surface area contributed by atoms with Crippen molar-refractivity contribution < 1.29 is 4.92 Å². The number of rotatable bonds is 1. The maximum Gasteiger partial charge on any atom is 0.324 e. The largest absolute Gasteiger partial charge is 0.358 e. The first kappa shape index (κ1) is 6.81. The van der Waals surface area contributed by atoms with Crippen molar-refractivity contribution in [3.8, 4) is 0 Å². The Labute approximate surface area is 60.9 Å². The van der Waals surface area contributed by atoms with Gasteiger partial charge in [0.05, 0.1) is 6.07 Å². The van der Waals surface area contributed by atoms with Crippen molar-refractivity contribution in [3.05, 3.63) is 27.1 Å². The predicted octanol–water partition coefficient (Wildman–Crippen LogP) is 1.05. The van der Waals surface area contributed by atoms with Crippen LogP contribution in [0, 0.1) is 14.9 Å². The minimum atomic E-state index is -0.558. The van der Waals surface area contributed by atoms with E-state index in [9.17, 15) is 10.1 Å². The number of nitro groups is 1. The van der Waals surface area contributed by atoms with E-state index in [1.54, 1.807) is 0 Å². The second kappa shape index (κ2) is 2.53. The summed E-state index contributed by atoms with van der Waals surface area (Å²) in [5, 5.41) is 10.1. The molecule has 0 aliphatic rings. The molecule has 1 aromatic heterocycles. The maximum atomic E-state index is 10.1. The lowest BCUT2D eigenvalue weighted by Gasteiger charge is -1.89. The van der Waals surface area contributed by atoms with Crippen molar-refractivity contribution in [1.29, 1.82) is 0 Å². The third-order valence-electron chi connectivity index (χ3n) is 0.856. The summed E-state index contributed by atoms with van der Waals surface area (Å²) in [5.74, 6) is -0.139. The Hall–Kier alpha value is -1.30. The second-order valence-corrected chi connectivity index (χ2v) is 1.90. The van der Waals surface area contributed by atoms with Crippen LogP contribution in [0.4, 0.5) is 5.82 Å². The molecule has 0 aliphatic carbocycles. The second-order valence-electron chi connectivity index (χ2n) is 1.52. The summed E-state index contributed by atoms with van der Waals surface area (Å²) in [7, 11) is 0. The third-order valence-corrected chi connectivity index (χ3v) is 1.06. The van der Waals surface area contributed by atoms with Crippen LogP contribution >= 0.6 is 12.2 Å². The van der Waals surface area contributed by atoms with Crippen LogP contribution in [0.3, 0.4) is 0 Å². The minimum Gasteiger partial charge on any atom is -0.358 e. The van der Waals surface area contributed by atoms with Crippen LogP contribution in [0.15, 0.2) is 12.3 Å². The molecule has 0 atom stereocenters. The van der Waals surface area contributed by atoms with Crippen molar-refractivity contribution in [2.75, 3.05) is 0 Å². The molecular formula is C4H3N3O2S. The number of hydrogen-bond donors (Lipinski definition) is 1. The number of H-pyrrole nitrogens is 1. The van der Waals surface area contributed by atoms with Gasteiger partial charge >= 0.3 is 5.82 Å². The first-order valence-electron chi connectivity index (χ1n) is 2.40. The van der Waals surface area contributed by atoms with Gasteiger partial charge in [-0.3, -0.25) is 0 Å². The third kappa shape index (κ3) is 1.35. The van der Waals surface area contributed by atoms with E-state index in [2.05, 4.69) is 22.2 Å². The monoisotopic (exact) mass is 157 g/mol. The highest BCUT2D eigenvalue weighted by Crippen LogP contribution is 2.01. The lowest BCUT2D eigenvalue weighted by atomic mass is 10.6. The van der Waals surface area contributed by atoms with Crippen LogP contribution in [0.25, 0.3) is 0 Å². The van der Waals surface area contributed by atoms with Gasteiger partial charge in [0.25, 0.3) is 4.77 Å². The zero-order chi connectivity index (χ0) is 7.56. The first-order valence-corrected chi connectivity index (χ1v) is 2.80. The molecule has 0 aliphatic heterocycles. The highest BCUT2D eigenvalue weighted by molar-refractivity contribution is 7.71. The molecule has 1 rings (SSSR count). The smallest absolute Gasteiger partial charge is 0.324 e. The lowest BCUT2D eigenvalue weighted by Crippen LogP contribution is -1.92. The Kier molecular flexibility index (Phi) is 1.72. The van der Waals surface area contributed by atoms with Crippen LogP contribution in [0.1, 0.15) is 0 Å². The molecule has 0 amide bonds. The van der Waals surface area contributed by atoms with Crippen molar-refractivity contribution >= 4 is 18.0 Å². The summed E-state index contributed by atoms with van der Waals surface area (Å²) in [4.78, 5) is 15.4. The Bertz CT molecular complexity index is 307. The normalized spacial score (nSPS) is 9.20. The molecule has 0 fully saturated rings. The number of aromatic nitrogens is 2. The van der Waals surface area contributed by atoms with Crippen LogP contribution in [0.5, 0.6) is 0 Å². The summed E-state index contributed by atoms with van der Waals surface area (Å²) in [6.07, 6.45) is 1.29. The summed E-state index contributed by atoms with van der Waals surface area (Å²) in [6.45, 7) is 0. The lowest BCUT2D eigenvalue weighted by molar-refractivity contribution is -0.389. The molecule has 0 radical (unpaired) electrons. The van der Waals surface area contributed by atoms with E-state index < -0.39 is 4.92 Å². The SMILES string of the molecule is O=[N+]([O-])c1ccnc(=S)[nH]1. The van der Waals surface area contributed by atoms with Gasteiger partial charge in [-0.1, -0.05) is 0 Å². The fraction of sp³-hybridized carbons (Fsp3) is 0. The van der Waals surface area contributed by atoms with Gasteiger partial charge in [-0.2, -0.15) is 0 Å². The standard InChI is InChI=1S/C4H3N3O2S/c8-7(9)3-1-2-5-4(10)6-3/h1-2H,(H,5,6,10). The molecular weight excluding hydrogens is 154 g/mol. The van der Waals surface area contributed by atoms with Gasteiger partial charge in [-0.05, 0) is 17.1 Å². The number of aromatic amines is 1. The van der Waals surface area contributed by atoms with E-state index >= 15 is 0 Å². The van der Waals surface area contributed by atoms with Crippen LogP contribution in [0.2, 0.25) is 0 Å². The van der Waals surface area contributed by atoms with Crippen molar-refractivity contribution in [2.24, 2.45) is 0 Å². The van der Waals surface area contributed by atoms with E-state index in [0.29, 0.717) is 0 Å². The molecule has 0 spiro atoms. The molecule has 52 valence electrons. The van der Waals surface area contributed by atoms with E-state index in [1.165, 1.54) is 12.3 Å². The quantitative estimate of drug-likeness (QED) is 0.375. The van der Waals surface area contributed by atoms with E-state index in [0.717, 1.165) is 0 Å². The number of nitrogens with zero attached hydrogens (tertiary/aromatic N) is 2. The molecule has 6 heteroatoms. The van der Waals surface area contributed by atoms with Gasteiger partial charge in [-0.25, -0.2) is 9.97 Å². The highest BCUT2D eigenvalue weighted by atomic mass is 32.1. The first-order chi connectivity index (χ1) is 4.70. The summed E-state index contributed by atoms with van der Waals surface area (Å²) in [5.41, 5.74) is 0. The molecule has 0 saturated carbocycles. The molecule has 0 aromatic carbocycles. The Morgan fingerprint density at radius 3 is 2.90 bits per heavy atom. The van der Waals surface area contributed by atoms with Crippen molar-refractivity contribution in [1.82, 2.24) is 9.97 Å². The number of nitrogens with one attached hydrogen (secondary N) is 1. The van der Waals surface area contributed by atoms with E-state index in [1.807, 2.05) is 0 Å². The number of hydrogen-bond acceptors (Lipinski definition) is 4. The Morgan fingerprint density at radius 1 is 1.80 bits per heavy atom. The fourth-order valence-electron chi connectivity index (χ4n) is 0.466. The van der Waals surface area contributed by atoms with Gasteiger partial charge in [0.2, 0.25) is 0 Å².